The van der Waals surface area contributed by atoms with E-state index < -0.39 is 0 Å². The normalized spacial score (nSPS) is 10.1. The third-order valence-corrected chi connectivity index (χ3v) is 2.98. The second-order valence-corrected chi connectivity index (χ2v) is 4.47. The zero-order valence-electron chi connectivity index (χ0n) is 10.2. The van der Waals surface area contributed by atoms with Crippen molar-refractivity contribution in [2.45, 2.75) is 13.5 Å². The second kappa shape index (κ2) is 5.11. The fourth-order valence-electron chi connectivity index (χ4n) is 1.75. The summed E-state index contributed by atoms with van der Waals surface area (Å²) >= 11 is 6.07. The van der Waals surface area contributed by atoms with Crippen LogP contribution in [0.2, 0.25) is 5.02 Å². The molecule has 0 aliphatic carbocycles. The maximum Gasteiger partial charge on any atom is 0.0992 e. The summed E-state index contributed by atoms with van der Waals surface area (Å²) < 4.78 is 1.82. The van der Waals surface area contributed by atoms with Gasteiger partial charge in [-0.15, -0.1) is 0 Å². The van der Waals surface area contributed by atoms with Gasteiger partial charge in [0.1, 0.15) is 0 Å². The Morgan fingerprint density at radius 1 is 1.44 bits per heavy atom. The van der Waals surface area contributed by atoms with E-state index in [1.165, 1.54) is 0 Å². The van der Waals surface area contributed by atoms with Crippen LogP contribution in [0.3, 0.4) is 0 Å². The number of benzene rings is 1. The van der Waals surface area contributed by atoms with Crippen molar-refractivity contribution in [3.05, 3.63) is 46.2 Å². The van der Waals surface area contributed by atoms with Crippen LogP contribution in [0, 0.1) is 18.3 Å². The average molecular weight is 261 g/mol. The lowest BCUT2D eigenvalue weighted by molar-refractivity contribution is 0.713. The van der Waals surface area contributed by atoms with Gasteiger partial charge in [-0.3, -0.25) is 4.68 Å². The lowest BCUT2D eigenvalue weighted by Crippen LogP contribution is -2.05. The number of aromatic nitrogens is 2. The van der Waals surface area contributed by atoms with Gasteiger partial charge in [0.25, 0.3) is 0 Å². The summed E-state index contributed by atoms with van der Waals surface area (Å²) in [6.07, 6.45) is 0. The van der Waals surface area contributed by atoms with Crippen LogP contribution in [-0.2, 0) is 13.6 Å². The van der Waals surface area contributed by atoms with Crippen LogP contribution in [0.25, 0.3) is 0 Å². The Kier molecular flexibility index (Phi) is 3.54. The summed E-state index contributed by atoms with van der Waals surface area (Å²) in [7, 11) is 1.90. The first-order valence-electron chi connectivity index (χ1n) is 5.53. The van der Waals surface area contributed by atoms with Crippen molar-refractivity contribution < 1.29 is 0 Å². The maximum atomic E-state index is 8.85. The highest BCUT2D eigenvalue weighted by Gasteiger charge is 2.05. The summed E-state index contributed by atoms with van der Waals surface area (Å²) in [5.41, 5.74) is 3.38. The minimum atomic E-state index is 0.586. The highest BCUT2D eigenvalue weighted by Crippen LogP contribution is 2.23. The Morgan fingerprint density at radius 2 is 2.22 bits per heavy atom. The number of nitrogens with zero attached hydrogens (tertiary/aromatic N) is 3. The molecule has 2 rings (SSSR count). The maximum absolute atomic E-state index is 8.85. The largest absolute Gasteiger partial charge is 0.378 e. The van der Waals surface area contributed by atoms with E-state index in [2.05, 4.69) is 16.5 Å². The molecule has 4 nitrogen and oxygen atoms in total. The Hall–Kier alpha value is -1.99. The first kappa shape index (κ1) is 12.5. The van der Waals surface area contributed by atoms with Gasteiger partial charge in [-0.1, -0.05) is 11.6 Å². The number of aryl methyl sites for hydroxylation is 2. The molecule has 0 aliphatic heterocycles. The van der Waals surface area contributed by atoms with Crippen LogP contribution in [0.4, 0.5) is 5.69 Å². The van der Waals surface area contributed by atoms with Gasteiger partial charge in [0.05, 0.1) is 40.3 Å². The first-order chi connectivity index (χ1) is 8.60. The van der Waals surface area contributed by atoms with Gasteiger partial charge in [0, 0.05) is 7.05 Å². The van der Waals surface area contributed by atoms with Crippen LogP contribution >= 0.6 is 11.6 Å². The number of nitrogens with one attached hydrogen (secondary N) is 1. The van der Waals surface area contributed by atoms with Crippen molar-refractivity contribution >= 4 is 17.3 Å². The van der Waals surface area contributed by atoms with E-state index >= 15 is 0 Å². The highest BCUT2D eigenvalue weighted by molar-refractivity contribution is 6.33. The molecule has 0 saturated carbocycles. The van der Waals surface area contributed by atoms with E-state index in [4.69, 9.17) is 16.9 Å². The van der Waals surface area contributed by atoms with Crippen molar-refractivity contribution in [2.24, 2.45) is 7.05 Å². The standard InChI is InChI=1S/C13H13ClN4/c1-9-5-11(18(2)17-9)8-16-13-6-10(7-15)3-4-12(13)14/h3-6,16H,8H2,1-2H3. The van der Waals surface area contributed by atoms with E-state index in [1.54, 1.807) is 18.2 Å². The summed E-state index contributed by atoms with van der Waals surface area (Å²) in [6, 6.07) is 9.26. The molecule has 0 aliphatic rings. The van der Waals surface area contributed by atoms with Crippen LogP contribution in [-0.4, -0.2) is 9.78 Å². The Labute approximate surface area is 111 Å². The number of halogens is 1. The summed E-state index contributed by atoms with van der Waals surface area (Å²) in [4.78, 5) is 0. The van der Waals surface area contributed by atoms with Gasteiger partial charge >= 0.3 is 0 Å². The number of hydrogen-bond acceptors (Lipinski definition) is 3. The minimum Gasteiger partial charge on any atom is -0.378 e. The third kappa shape index (κ3) is 2.63. The number of rotatable bonds is 3. The fraction of sp³-hybridized carbons (Fsp3) is 0.231. The van der Waals surface area contributed by atoms with Gasteiger partial charge in [-0.2, -0.15) is 10.4 Å². The Balaban J connectivity index is 2.15. The van der Waals surface area contributed by atoms with E-state index in [-0.39, 0.29) is 0 Å². The van der Waals surface area contributed by atoms with Gasteiger partial charge in [0.15, 0.2) is 0 Å². The summed E-state index contributed by atoms with van der Waals surface area (Å²) in [5.74, 6) is 0. The molecule has 2 aromatic rings. The Bertz CT molecular complexity index is 610. The molecule has 92 valence electrons. The predicted molar refractivity (Wildman–Crippen MR) is 71.4 cm³/mol. The molecule has 1 heterocycles. The van der Waals surface area contributed by atoms with Crippen molar-refractivity contribution in [3.8, 4) is 6.07 Å². The van der Waals surface area contributed by atoms with Crippen molar-refractivity contribution in [1.82, 2.24) is 9.78 Å². The van der Waals surface area contributed by atoms with Crippen molar-refractivity contribution in [3.63, 3.8) is 0 Å². The molecule has 0 amide bonds. The van der Waals surface area contributed by atoms with E-state index in [0.29, 0.717) is 17.1 Å². The van der Waals surface area contributed by atoms with E-state index in [9.17, 15) is 0 Å². The molecular formula is C13H13ClN4. The Morgan fingerprint density at radius 3 is 2.83 bits per heavy atom. The first-order valence-corrected chi connectivity index (χ1v) is 5.91. The molecule has 0 spiro atoms. The van der Waals surface area contributed by atoms with Crippen LogP contribution in [0.5, 0.6) is 0 Å². The molecule has 0 unspecified atom stereocenters. The van der Waals surface area contributed by atoms with Gasteiger partial charge in [-0.25, -0.2) is 0 Å². The molecule has 0 fully saturated rings. The molecule has 1 aromatic carbocycles. The van der Waals surface area contributed by atoms with E-state index in [0.717, 1.165) is 17.1 Å². The molecular weight excluding hydrogens is 248 g/mol. The monoisotopic (exact) mass is 260 g/mol. The average Bonchev–Trinajstić information content (AvgIpc) is 2.67. The molecule has 0 saturated heterocycles. The summed E-state index contributed by atoms with van der Waals surface area (Å²) in [6.45, 7) is 2.57. The van der Waals surface area contributed by atoms with Crippen LogP contribution in [0.1, 0.15) is 17.0 Å². The molecule has 18 heavy (non-hydrogen) atoms. The quantitative estimate of drug-likeness (QED) is 0.923. The molecule has 1 aromatic heterocycles. The van der Waals surface area contributed by atoms with Crippen molar-refractivity contribution in [2.75, 3.05) is 5.32 Å². The number of anilines is 1. The molecule has 5 heteroatoms. The predicted octanol–water partition coefficient (Wildman–Crippen LogP) is 2.87. The van der Waals surface area contributed by atoms with Crippen LogP contribution in [0.15, 0.2) is 24.3 Å². The number of nitriles is 1. The van der Waals surface area contributed by atoms with E-state index in [1.807, 2.05) is 24.7 Å². The summed E-state index contributed by atoms with van der Waals surface area (Å²) in [5, 5.41) is 16.9. The van der Waals surface area contributed by atoms with Gasteiger partial charge in [-0.05, 0) is 31.2 Å². The zero-order chi connectivity index (χ0) is 13.1. The minimum absolute atomic E-state index is 0.586. The topological polar surface area (TPSA) is 53.6 Å². The zero-order valence-corrected chi connectivity index (χ0v) is 11.0. The number of hydrogen-bond donors (Lipinski definition) is 1. The van der Waals surface area contributed by atoms with Gasteiger partial charge in [0.2, 0.25) is 0 Å². The van der Waals surface area contributed by atoms with Crippen molar-refractivity contribution in [1.29, 1.82) is 5.26 Å². The SMILES string of the molecule is Cc1cc(CNc2cc(C#N)ccc2Cl)n(C)n1. The van der Waals surface area contributed by atoms with Gasteiger partial charge < -0.3 is 5.32 Å². The lowest BCUT2D eigenvalue weighted by atomic mass is 10.2. The lowest BCUT2D eigenvalue weighted by Gasteiger charge is -2.08. The highest BCUT2D eigenvalue weighted by atomic mass is 35.5. The molecule has 0 bridgehead atoms. The fourth-order valence-corrected chi connectivity index (χ4v) is 1.93. The van der Waals surface area contributed by atoms with Crippen LogP contribution < -0.4 is 5.32 Å². The molecule has 0 radical (unpaired) electrons. The molecule has 0 atom stereocenters. The third-order valence-electron chi connectivity index (χ3n) is 2.65. The molecule has 1 N–H and O–H groups in total. The smallest absolute Gasteiger partial charge is 0.0992 e. The second-order valence-electron chi connectivity index (χ2n) is 4.06.